The molecule has 0 aliphatic heterocycles. The summed E-state index contributed by atoms with van der Waals surface area (Å²) in [7, 11) is 0. The fourth-order valence-corrected chi connectivity index (χ4v) is 3.06. The van der Waals surface area contributed by atoms with Gasteiger partial charge in [-0.1, -0.05) is 96.8 Å². The van der Waals surface area contributed by atoms with E-state index in [4.69, 9.17) is 16.5 Å². The van der Waals surface area contributed by atoms with Gasteiger partial charge in [-0.2, -0.15) is 0 Å². The second-order valence-electron chi connectivity index (χ2n) is 8.34. The lowest BCUT2D eigenvalue weighted by Gasteiger charge is -2.21. The molecule has 0 radical (unpaired) electrons. The van der Waals surface area contributed by atoms with Crippen molar-refractivity contribution in [3.8, 4) is 0 Å². The van der Waals surface area contributed by atoms with Crippen LogP contribution in [0.25, 0.3) is 0 Å². The van der Waals surface area contributed by atoms with Crippen molar-refractivity contribution in [3.05, 3.63) is 0 Å². The zero-order chi connectivity index (χ0) is 19.5. The van der Waals surface area contributed by atoms with E-state index in [0.29, 0.717) is 13.0 Å². The second-order valence-corrected chi connectivity index (χ2v) is 8.53. The van der Waals surface area contributed by atoms with E-state index in [-0.39, 0.29) is 11.5 Å². The molecular formula is C22H44ClNO2. The first kappa shape index (κ1) is 25.7. The van der Waals surface area contributed by atoms with Crippen LogP contribution in [-0.4, -0.2) is 18.1 Å². The van der Waals surface area contributed by atoms with Crippen molar-refractivity contribution in [2.24, 2.45) is 0 Å². The zero-order valence-electron chi connectivity index (χ0n) is 17.7. The Labute approximate surface area is 168 Å². The molecule has 0 amide bonds. The van der Waals surface area contributed by atoms with Crippen molar-refractivity contribution >= 4 is 17.7 Å². The first-order valence-electron chi connectivity index (χ1n) is 11.1. The standard InChI is InChI=1S/C22H44ClNO2/c1-4-5-6-7-8-9-10-11-12-13-14-15-16-17-18-19-21(25)26-20-22(2,3)24-23/h24H,4-20H2,1-3H3. The van der Waals surface area contributed by atoms with Crippen molar-refractivity contribution in [1.82, 2.24) is 4.84 Å². The SMILES string of the molecule is CCCCCCCCCCCCCCCCCC(=O)OCC(C)(C)NCl. The van der Waals surface area contributed by atoms with Gasteiger partial charge in [0.2, 0.25) is 0 Å². The van der Waals surface area contributed by atoms with E-state index < -0.39 is 0 Å². The highest BCUT2D eigenvalue weighted by molar-refractivity contribution is 6.13. The molecular weight excluding hydrogens is 346 g/mol. The van der Waals surface area contributed by atoms with Gasteiger partial charge in [0.05, 0.1) is 5.54 Å². The molecule has 0 saturated heterocycles. The molecule has 4 heteroatoms. The largest absolute Gasteiger partial charge is 0.464 e. The van der Waals surface area contributed by atoms with Crippen LogP contribution in [-0.2, 0) is 9.53 Å². The summed E-state index contributed by atoms with van der Waals surface area (Å²) in [5, 5.41) is 0. The van der Waals surface area contributed by atoms with Crippen molar-refractivity contribution in [2.75, 3.05) is 6.61 Å². The summed E-state index contributed by atoms with van der Waals surface area (Å²) in [6.45, 7) is 6.40. The van der Waals surface area contributed by atoms with Gasteiger partial charge in [-0.05, 0) is 32.0 Å². The Kier molecular flexibility index (Phi) is 17.9. The quantitative estimate of drug-likeness (QED) is 0.143. The number of ether oxygens (including phenoxy) is 1. The lowest BCUT2D eigenvalue weighted by molar-refractivity contribution is -0.145. The summed E-state index contributed by atoms with van der Waals surface area (Å²) in [5.41, 5.74) is -0.369. The van der Waals surface area contributed by atoms with Gasteiger partial charge in [0, 0.05) is 6.42 Å². The molecule has 0 bridgehead atoms. The lowest BCUT2D eigenvalue weighted by Crippen LogP contribution is -2.38. The van der Waals surface area contributed by atoms with Crippen LogP contribution in [0.2, 0.25) is 0 Å². The summed E-state index contributed by atoms with van der Waals surface area (Å²) >= 11 is 5.58. The molecule has 26 heavy (non-hydrogen) atoms. The Morgan fingerprint density at radius 3 is 1.54 bits per heavy atom. The van der Waals surface area contributed by atoms with Crippen LogP contribution in [0.5, 0.6) is 0 Å². The summed E-state index contributed by atoms with van der Waals surface area (Å²) in [6, 6.07) is 0. The minimum atomic E-state index is -0.369. The maximum absolute atomic E-state index is 11.6. The predicted octanol–water partition coefficient (Wildman–Crippen LogP) is 7.31. The van der Waals surface area contributed by atoms with Gasteiger partial charge in [-0.15, -0.1) is 0 Å². The smallest absolute Gasteiger partial charge is 0.305 e. The van der Waals surface area contributed by atoms with Crippen molar-refractivity contribution in [1.29, 1.82) is 0 Å². The molecule has 0 aromatic carbocycles. The Morgan fingerprint density at radius 2 is 1.15 bits per heavy atom. The number of hydrogen-bond acceptors (Lipinski definition) is 3. The van der Waals surface area contributed by atoms with Gasteiger partial charge >= 0.3 is 5.97 Å². The Morgan fingerprint density at radius 1 is 0.769 bits per heavy atom. The topological polar surface area (TPSA) is 38.3 Å². The molecule has 3 nitrogen and oxygen atoms in total. The number of halogens is 1. The number of carbonyl (C=O) groups is 1. The molecule has 0 aliphatic rings. The van der Waals surface area contributed by atoms with Crippen LogP contribution in [0.4, 0.5) is 0 Å². The average molecular weight is 390 g/mol. The second kappa shape index (κ2) is 18.1. The molecule has 0 aliphatic carbocycles. The average Bonchev–Trinajstić information content (AvgIpc) is 2.63. The number of rotatable bonds is 19. The van der Waals surface area contributed by atoms with Crippen molar-refractivity contribution in [3.63, 3.8) is 0 Å². The molecule has 0 atom stereocenters. The van der Waals surface area contributed by atoms with E-state index in [9.17, 15) is 4.79 Å². The normalized spacial score (nSPS) is 11.7. The van der Waals surface area contributed by atoms with Gasteiger partial charge in [-0.25, -0.2) is 4.84 Å². The maximum Gasteiger partial charge on any atom is 0.305 e. The van der Waals surface area contributed by atoms with Gasteiger partial charge in [0.15, 0.2) is 0 Å². The third-order valence-corrected chi connectivity index (χ3v) is 5.35. The van der Waals surface area contributed by atoms with Crippen LogP contribution in [0.15, 0.2) is 0 Å². The Bertz CT molecular complexity index is 321. The number of unbranched alkanes of at least 4 members (excludes halogenated alkanes) is 14. The maximum atomic E-state index is 11.6. The molecule has 0 spiro atoms. The van der Waals surface area contributed by atoms with Crippen LogP contribution < -0.4 is 4.84 Å². The molecule has 1 N–H and O–H groups in total. The molecule has 0 rings (SSSR count). The minimum absolute atomic E-state index is 0.111. The molecule has 0 unspecified atom stereocenters. The Hall–Kier alpha value is -0.280. The van der Waals surface area contributed by atoms with Crippen LogP contribution in [0, 0.1) is 0 Å². The minimum Gasteiger partial charge on any atom is -0.464 e. The third-order valence-electron chi connectivity index (χ3n) is 4.83. The highest BCUT2D eigenvalue weighted by atomic mass is 35.5. The number of nitrogens with one attached hydrogen (secondary N) is 1. The Balaban J connectivity index is 3.21. The molecule has 0 aromatic heterocycles. The summed E-state index contributed by atoms with van der Waals surface area (Å²) < 4.78 is 5.23. The monoisotopic (exact) mass is 389 g/mol. The molecule has 0 aromatic rings. The first-order chi connectivity index (χ1) is 12.5. The molecule has 0 saturated carbocycles. The van der Waals surface area contributed by atoms with E-state index >= 15 is 0 Å². The zero-order valence-corrected chi connectivity index (χ0v) is 18.5. The summed E-state index contributed by atoms with van der Waals surface area (Å²) in [5.74, 6) is -0.111. The van der Waals surface area contributed by atoms with Crippen LogP contribution in [0.3, 0.4) is 0 Å². The predicted molar refractivity (Wildman–Crippen MR) is 114 cm³/mol. The van der Waals surface area contributed by atoms with Gasteiger partial charge in [0.1, 0.15) is 6.61 Å². The van der Waals surface area contributed by atoms with E-state index in [0.717, 1.165) is 12.8 Å². The fourth-order valence-electron chi connectivity index (χ4n) is 3.00. The van der Waals surface area contributed by atoms with E-state index in [1.165, 1.54) is 83.5 Å². The van der Waals surface area contributed by atoms with Crippen molar-refractivity contribution in [2.45, 2.75) is 129 Å². The third kappa shape index (κ3) is 18.5. The highest BCUT2D eigenvalue weighted by Crippen LogP contribution is 2.14. The van der Waals surface area contributed by atoms with E-state index in [1.54, 1.807) is 0 Å². The lowest BCUT2D eigenvalue weighted by atomic mass is 10.0. The molecule has 0 heterocycles. The van der Waals surface area contributed by atoms with E-state index in [1.807, 2.05) is 13.8 Å². The number of esters is 1. The van der Waals surface area contributed by atoms with Crippen LogP contribution >= 0.6 is 11.8 Å². The van der Waals surface area contributed by atoms with Gasteiger partial charge in [0.25, 0.3) is 0 Å². The fraction of sp³-hybridized carbons (Fsp3) is 0.955. The number of hydrogen-bond donors (Lipinski definition) is 1. The van der Waals surface area contributed by atoms with E-state index in [2.05, 4.69) is 11.8 Å². The molecule has 0 fully saturated rings. The van der Waals surface area contributed by atoms with Crippen LogP contribution in [0.1, 0.15) is 124 Å². The van der Waals surface area contributed by atoms with Crippen molar-refractivity contribution < 1.29 is 9.53 Å². The summed E-state index contributed by atoms with van der Waals surface area (Å²) in [6.07, 6.45) is 20.5. The highest BCUT2D eigenvalue weighted by Gasteiger charge is 2.18. The summed E-state index contributed by atoms with van der Waals surface area (Å²) in [4.78, 5) is 14.3. The van der Waals surface area contributed by atoms with Gasteiger partial charge in [-0.3, -0.25) is 4.79 Å². The first-order valence-corrected chi connectivity index (χ1v) is 11.4. The molecule has 156 valence electrons. The number of carbonyl (C=O) groups excluding carboxylic acids is 1. The van der Waals surface area contributed by atoms with Gasteiger partial charge < -0.3 is 4.74 Å².